The van der Waals surface area contributed by atoms with Crippen molar-refractivity contribution in [3.05, 3.63) is 41.5 Å². The standard InChI is InChI=1S/C21H22ClFN8O2/c1-28-6-8-30(9-7-28)21(32)20-25-19(26-27-20)18-17(31-5-4-24-11-31)12-10-13(33-3)14(22)15(23)16(12)29(18)2/h4-5,10-11H,6-9H2,1-3H3,(H,25,26,27). The number of rotatable bonds is 4. The number of benzene rings is 1. The third-order valence-corrected chi connectivity index (χ3v) is 6.32. The number of halogens is 2. The molecule has 1 N–H and O–H groups in total. The fraction of sp³-hybridized carbons (Fsp3) is 0.333. The molecule has 1 saturated heterocycles. The lowest BCUT2D eigenvalue weighted by Gasteiger charge is -2.31. The number of fused-ring (bicyclic) bond motifs is 1. The number of ether oxygens (including phenoxy) is 1. The summed E-state index contributed by atoms with van der Waals surface area (Å²) in [5, 5.41) is 7.49. The molecule has 0 atom stereocenters. The first-order valence-corrected chi connectivity index (χ1v) is 10.7. The summed E-state index contributed by atoms with van der Waals surface area (Å²) in [6.07, 6.45) is 4.95. The molecular weight excluding hydrogens is 451 g/mol. The van der Waals surface area contributed by atoms with E-state index in [1.807, 2.05) is 7.05 Å². The van der Waals surface area contributed by atoms with Gasteiger partial charge in [-0.1, -0.05) is 11.6 Å². The quantitative estimate of drug-likeness (QED) is 0.489. The number of hydrogen-bond acceptors (Lipinski definition) is 6. The summed E-state index contributed by atoms with van der Waals surface area (Å²) < 4.78 is 23.9. The highest BCUT2D eigenvalue weighted by Gasteiger charge is 2.28. The van der Waals surface area contributed by atoms with Gasteiger partial charge in [0.15, 0.2) is 11.6 Å². The Morgan fingerprint density at radius 1 is 1.24 bits per heavy atom. The molecule has 10 nitrogen and oxygen atoms in total. The van der Waals surface area contributed by atoms with Crippen molar-refractivity contribution >= 4 is 28.4 Å². The number of carbonyl (C=O) groups is 1. The van der Waals surface area contributed by atoms with Crippen molar-refractivity contribution in [1.29, 1.82) is 0 Å². The van der Waals surface area contributed by atoms with Gasteiger partial charge in [-0.25, -0.2) is 14.4 Å². The number of nitrogens with one attached hydrogen (secondary N) is 1. The highest BCUT2D eigenvalue weighted by molar-refractivity contribution is 6.33. The maximum atomic E-state index is 15.3. The number of amides is 1. The summed E-state index contributed by atoms with van der Waals surface area (Å²) in [5.41, 5.74) is 1.35. The number of piperazine rings is 1. The lowest BCUT2D eigenvalue weighted by Crippen LogP contribution is -2.47. The number of likely N-dealkylation sites (N-methyl/N-ethyl adjacent to an activating group) is 1. The minimum Gasteiger partial charge on any atom is -0.495 e. The number of aryl methyl sites for hydroxylation is 1. The normalized spacial score (nSPS) is 14.9. The predicted octanol–water partition coefficient (Wildman–Crippen LogP) is 2.34. The zero-order chi connectivity index (χ0) is 23.3. The minimum atomic E-state index is -0.620. The molecule has 1 aliphatic rings. The summed E-state index contributed by atoms with van der Waals surface area (Å²) in [4.78, 5) is 25.5. The van der Waals surface area contributed by atoms with E-state index in [1.54, 1.807) is 45.9 Å². The Hall–Kier alpha value is -3.44. The molecule has 172 valence electrons. The molecule has 0 unspecified atom stereocenters. The first-order chi connectivity index (χ1) is 15.9. The van der Waals surface area contributed by atoms with Gasteiger partial charge in [0.05, 0.1) is 24.6 Å². The number of hydrogen-bond donors (Lipinski definition) is 1. The van der Waals surface area contributed by atoms with E-state index in [-0.39, 0.29) is 33.8 Å². The fourth-order valence-corrected chi connectivity index (χ4v) is 4.40. The smallest absolute Gasteiger partial charge is 0.291 e. The summed E-state index contributed by atoms with van der Waals surface area (Å²) in [6.45, 7) is 2.82. The van der Waals surface area contributed by atoms with Crippen molar-refractivity contribution in [2.24, 2.45) is 7.05 Å². The first-order valence-electron chi connectivity index (χ1n) is 10.3. The van der Waals surface area contributed by atoms with Crippen LogP contribution in [-0.2, 0) is 7.05 Å². The van der Waals surface area contributed by atoms with E-state index in [0.717, 1.165) is 13.1 Å². The maximum Gasteiger partial charge on any atom is 0.291 e. The van der Waals surface area contributed by atoms with Crippen molar-refractivity contribution in [3.8, 4) is 23.0 Å². The van der Waals surface area contributed by atoms with E-state index in [4.69, 9.17) is 16.3 Å². The highest BCUT2D eigenvalue weighted by Crippen LogP contribution is 2.41. The fourth-order valence-electron chi connectivity index (χ4n) is 4.18. The molecule has 5 rings (SSSR count). The van der Waals surface area contributed by atoms with Gasteiger partial charge in [0.1, 0.15) is 16.5 Å². The molecule has 1 amide bonds. The van der Waals surface area contributed by atoms with Crippen LogP contribution in [0.5, 0.6) is 5.75 Å². The van der Waals surface area contributed by atoms with Gasteiger partial charge in [0, 0.05) is 51.0 Å². The SMILES string of the molecule is COc1cc2c(-n3ccnc3)c(-c3n[nH]c(C(=O)N4CCN(C)CC4)n3)n(C)c2c(F)c1Cl. The number of H-pyrrole nitrogens is 1. The van der Waals surface area contributed by atoms with Crippen molar-refractivity contribution in [2.75, 3.05) is 40.3 Å². The Labute approximate surface area is 193 Å². The Balaban J connectivity index is 1.66. The van der Waals surface area contributed by atoms with Crippen LogP contribution in [0.3, 0.4) is 0 Å². The lowest BCUT2D eigenvalue weighted by atomic mass is 10.2. The molecule has 4 aromatic rings. The molecular formula is C21H22ClFN8O2. The van der Waals surface area contributed by atoms with Crippen molar-refractivity contribution in [3.63, 3.8) is 0 Å². The topological polar surface area (TPSA) is 97.1 Å². The number of aromatic amines is 1. The van der Waals surface area contributed by atoms with Gasteiger partial charge in [0.2, 0.25) is 5.82 Å². The van der Waals surface area contributed by atoms with Gasteiger partial charge in [-0.2, -0.15) is 5.10 Å². The number of nitrogens with zero attached hydrogens (tertiary/aromatic N) is 7. The third-order valence-electron chi connectivity index (χ3n) is 5.97. The van der Waals surface area contributed by atoms with Gasteiger partial charge in [0.25, 0.3) is 5.91 Å². The van der Waals surface area contributed by atoms with Crippen molar-refractivity contribution < 1.29 is 13.9 Å². The molecule has 12 heteroatoms. The van der Waals surface area contributed by atoms with Gasteiger partial charge in [-0.05, 0) is 13.1 Å². The monoisotopic (exact) mass is 472 g/mol. The van der Waals surface area contributed by atoms with Gasteiger partial charge < -0.3 is 23.7 Å². The van der Waals surface area contributed by atoms with Crippen LogP contribution in [-0.4, -0.2) is 85.3 Å². The lowest BCUT2D eigenvalue weighted by molar-refractivity contribution is 0.0652. The molecule has 4 heterocycles. The van der Waals surface area contributed by atoms with E-state index < -0.39 is 5.82 Å². The third kappa shape index (κ3) is 3.44. The Morgan fingerprint density at radius 2 is 2.00 bits per heavy atom. The number of imidazole rings is 1. The van der Waals surface area contributed by atoms with Gasteiger partial charge in [-0.15, -0.1) is 0 Å². The van der Waals surface area contributed by atoms with Gasteiger partial charge in [-0.3, -0.25) is 9.89 Å². The van der Waals surface area contributed by atoms with E-state index in [0.29, 0.717) is 29.9 Å². The molecule has 0 bridgehead atoms. The molecule has 0 saturated carbocycles. The van der Waals surface area contributed by atoms with E-state index >= 15 is 4.39 Å². The second-order valence-corrected chi connectivity index (χ2v) is 8.31. The van der Waals surface area contributed by atoms with E-state index in [2.05, 4.69) is 25.1 Å². The average molecular weight is 473 g/mol. The number of carbonyl (C=O) groups excluding carboxylic acids is 1. The van der Waals surface area contributed by atoms with Crippen molar-refractivity contribution in [2.45, 2.75) is 0 Å². The molecule has 33 heavy (non-hydrogen) atoms. The zero-order valence-corrected chi connectivity index (χ0v) is 19.1. The van der Waals surface area contributed by atoms with E-state index in [1.165, 1.54) is 7.11 Å². The van der Waals surface area contributed by atoms with Crippen LogP contribution >= 0.6 is 11.6 Å². The molecule has 3 aromatic heterocycles. The minimum absolute atomic E-state index is 0.116. The molecule has 0 aliphatic carbocycles. The molecule has 0 spiro atoms. The highest BCUT2D eigenvalue weighted by atomic mass is 35.5. The predicted molar refractivity (Wildman–Crippen MR) is 120 cm³/mol. The van der Waals surface area contributed by atoms with Crippen LogP contribution in [0.25, 0.3) is 28.1 Å². The molecule has 1 aromatic carbocycles. The van der Waals surface area contributed by atoms with Crippen LogP contribution in [0.1, 0.15) is 10.6 Å². The van der Waals surface area contributed by atoms with Crippen LogP contribution in [0, 0.1) is 5.82 Å². The van der Waals surface area contributed by atoms with E-state index in [9.17, 15) is 4.79 Å². The second-order valence-electron chi connectivity index (χ2n) is 7.93. The van der Waals surface area contributed by atoms with Crippen LogP contribution in [0.2, 0.25) is 5.02 Å². The molecule has 1 fully saturated rings. The van der Waals surface area contributed by atoms with Crippen LogP contribution in [0.15, 0.2) is 24.8 Å². The van der Waals surface area contributed by atoms with Crippen LogP contribution < -0.4 is 4.74 Å². The van der Waals surface area contributed by atoms with Gasteiger partial charge >= 0.3 is 0 Å². The molecule has 0 radical (unpaired) electrons. The average Bonchev–Trinajstić information content (AvgIpc) is 3.55. The number of methoxy groups -OCH3 is 1. The first kappa shape index (κ1) is 21.4. The Kier molecular flexibility index (Phi) is 5.29. The largest absolute Gasteiger partial charge is 0.495 e. The summed E-state index contributed by atoms with van der Waals surface area (Å²) in [6, 6.07) is 1.67. The Bertz CT molecular complexity index is 1340. The summed E-state index contributed by atoms with van der Waals surface area (Å²) in [7, 11) is 5.15. The number of aromatic nitrogens is 6. The second kappa shape index (κ2) is 8.16. The summed E-state index contributed by atoms with van der Waals surface area (Å²) in [5.74, 6) is -0.246. The van der Waals surface area contributed by atoms with Crippen LogP contribution in [0.4, 0.5) is 4.39 Å². The Morgan fingerprint density at radius 3 is 2.67 bits per heavy atom. The maximum absolute atomic E-state index is 15.3. The molecule has 1 aliphatic heterocycles. The summed E-state index contributed by atoms with van der Waals surface area (Å²) >= 11 is 6.20. The van der Waals surface area contributed by atoms with Crippen molar-refractivity contribution in [1.82, 2.24) is 39.1 Å². The zero-order valence-electron chi connectivity index (χ0n) is 18.3.